The van der Waals surface area contributed by atoms with Crippen molar-refractivity contribution < 1.29 is 0 Å². The van der Waals surface area contributed by atoms with E-state index in [0.29, 0.717) is 11.7 Å². The Kier molecular flexibility index (Phi) is 3.93. The lowest BCUT2D eigenvalue weighted by Crippen LogP contribution is -2.29. The van der Waals surface area contributed by atoms with Gasteiger partial charge in [0.05, 0.1) is 0 Å². The Morgan fingerprint density at radius 1 is 1.29 bits per heavy atom. The summed E-state index contributed by atoms with van der Waals surface area (Å²) in [6, 6.07) is 11.2. The number of nitrogens with two attached hydrogens (primary N) is 1. The molecule has 0 spiro atoms. The Bertz CT molecular complexity index is 611. The van der Waals surface area contributed by atoms with Crippen LogP contribution in [0.2, 0.25) is 0 Å². The number of aromatic nitrogens is 1. The zero-order valence-corrected chi connectivity index (χ0v) is 12.8. The summed E-state index contributed by atoms with van der Waals surface area (Å²) in [5.41, 5.74) is 11.4. The highest BCUT2D eigenvalue weighted by molar-refractivity contribution is 5.44. The van der Waals surface area contributed by atoms with Crippen LogP contribution in [0.4, 0.5) is 5.82 Å². The van der Waals surface area contributed by atoms with Gasteiger partial charge in [-0.15, -0.1) is 0 Å². The molecule has 1 aromatic heterocycles. The Labute approximate surface area is 126 Å². The number of pyridine rings is 1. The first-order valence-electron chi connectivity index (χ1n) is 7.71. The SMILES string of the molecule is CCNC(c1cc(C)cnc1N)C1Cc2ccccc2C1. The fourth-order valence-corrected chi connectivity index (χ4v) is 3.43. The molecule has 1 unspecified atom stereocenters. The van der Waals surface area contributed by atoms with Gasteiger partial charge in [-0.25, -0.2) is 4.98 Å². The van der Waals surface area contributed by atoms with E-state index in [2.05, 4.69) is 54.5 Å². The molecule has 0 radical (unpaired) electrons. The maximum Gasteiger partial charge on any atom is 0.128 e. The van der Waals surface area contributed by atoms with Crippen LogP contribution in [0.3, 0.4) is 0 Å². The Morgan fingerprint density at radius 2 is 1.95 bits per heavy atom. The number of hydrogen-bond donors (Lipinski definition) is 2. The van der Waals surface area contributed by atoms with Crippen LogP contribution in [0.25, 0.3) is 0 Å². The maximum atomic E-state index is 6.14. The molecule has 0 fully saturated rings. The van der Waals surface area contributed by atoms with E-state index in [0.717, 1.165) is 30.5 Å². The van der Waals surface area contributed by atoms with E-state index >= 15 is 0 Å². The third-order valence-electron chi connectivity index (χ3n) is 4.40. The molecule has 3 rings (SSSR count). The molecule has 21 heavy (non-hydrogen) atoms. The molecule has 1 aliphatic rings. The van der Waals surface area contributed by atoms with Gasteiger partial charge in [0.1, 0.15) is 5.82 Å². The van der Waals surface area contributed by atoms with Crippen molar-refractivity contribution >= 4 is 5.82 Å². The molecular weight excluding hydrogens is 258 g/mol. The van der Waals surface area contributed by atoms with E-state index in [-0.39, 0.29) is 6.04 Å². The molecule has 3 N–H and O–H groups in total. The van der Waals surface area contributed by atoms with Crippen molar-refractivity contribution in [3.8, 4) is 0 Å². The summed E-state index contributed by atoms with van der Waals surface area (Å²) < 4.78 is 0. The van der Waals surface area contributed by atoms with E-state index in [4.69, 9.17) is 5.73 Å². The minimum atomic E-state index is 0.273. The highest BCUT2D eigenvalue weighted by Crippen LogP contribution is 2.36. The number of nitrogen functional groups attached to an aromatic ring is 1. The summed E-state index contributed by atoms with van der Waals surface area (Å²) in [4.78, 5) is 4.34. The monoisotopic (exact) mass is 281 g/mol. The number of anilines is 1. The predicted octanol–water partition coefficient (Wildman–Crippen LogP) is 3.04. The van der Waals surface area contributed by atoms with Gasteiger partial charge in [0.2, 0.25) is 0 Å². The van der Waals surface area contributed by atoms with E-state index in [1.807, 2.05) is 6.20 Å². The molecule has 0 aliphatic heterocycles. The molecule has 1 aliphatic carbocycles. The van der Waals surface area contributed by atoms with Crippen molar-refractivity contribution in [3.63, 3.8) is 0 Å². The summed E-state index contributed by atoms with van der Waals surface area (Å²) in [5.74, 6) is 1.20. The van der Waals surface area contributed by atoms with Gasteiger partial charge in [-0.2, -0.15) is 0 Å². The Hall–Kier alpha value is -1.87. The van der Waals surface area contributed by atoms with E-state index < -0.39 is 0 Å². The van der Waals surface area contributed by atoms with Crippen molar-refractivity contribution in [2.24, 2.45) is 5.92 Å². The zero-order chi connectivity index (χ0) is 14.8. The van der Waals surface area contributed by atoms with Gasteiger partial charge >= 0.3 is 0 Å². The van der Waals surface area contributed by atoms with E-state index in [1.54, 1.807) is 0 Å². The fraction of sp³-hybridized carbons (Fsp3) is 0.389. The van der Waals surface area contributed by atoms with Crippen molar-refractivity contribution in [1.82, 2.24) is 10.3 Å². The molecule has 0 saturated carbocycles. The van der Waals surface area contributed by atoms with E-state index in [1.165, 1.54) is 11.1 Å². The number of hydrogen-bond acceptors (Lipinski definition) is 3. The van der Waals surface area contributed by atoms with Crippen molar-refractivity contribution in [2.45, 2.75) is 32.7 Å². The molecule has 0 amide bonds. The Balaban J connectivity index is 1.91. The molecule has 0 bridgehead atoms. The van der Waals surface area contributed by atoms with Crippen LogP contribution in [0.5, 0.6) is 0 Å². The molecule has 110 valence electrons. The van der Waals surface area contributed by atoms with Crippen LogP contribution in [-0.2, 0) is 12.8 Å². The minimum absolute atomic E-state index is 0.273. The van der Waals surface area contributed by atoms with Crippen LogP contribution in [0, 0.1) is 12.8 Å². The topological polar surface area (TPSA) is 50.9 Å². The van der Waals surface area contributed by atoms with Crippen molar-refractivity contribution in [1.29, 1.82) is 0 Å². The normalized spacial score (nSPS) is 15.9. The second kappa shape index (κ2) is 5.86. The van der Waals surface area contributed by atoms with Crippen LogP contribution in [-0.4, -0.2) is 11.5 Å². The van der Waals surface area contributed by atoms with Gasteiger partial charge in [0, 0.05) is 17.8 Å². The molecule has 3 nitrogen and oxygen atoms in total. The minimum Gasteiger partial charge on any atom is -0.383 e. The fourth-order valence-electron chi connectivity index (χ4n) is 3.43. The van der Waals surface area contributed by atoms with Gasteiger partial charge in [0.15, 0.2) is 0 Å². The van der Waals surface area contributed by atoms with Gasteiger partial charge in [0.25, 0.3) is 0 Å². The molecule has 1 atom stereocenters. The highest BCUT2D eigenvalue weighted by atomic mass is 14.9. The molecule has 0 saturated heterocycles. The van der Waals surface area contributed by atoms with Gasteiger partial charge < -0.3 is 11.1 Å². The third-order valence-corrected chi connectivity index (χ3v) is 4.40. The summed E-state index contributed by atoms with van der Waals surface area (Å²) in [5, 5.41) is 3.62. The van der Waals surface area contributed by atoms with E-state index in [9.17, 15) is 0 Å². The zero-order valence-electron chi connectivity index (χ0n) is 12.8. The van der Waals surface area contributed by atoms with Gasteiger partial charge in [-0.1, -0.05) is 31.2 Å². The summed E-state index contributed by atoms with van der Waals surface area (Å²) in [6.07, 6.45) is 4.06. The molecule has 1 heterocycles. The number of nitrogens with one attached hydrogen (secondary N) is 1. The first-order valence-corrected chi connectivity index (χ1v) is 7.71. The number of nitrogens with zero attached hydrogens (tertiary/aromatic N) is 1. The summed E-state index contributed by atoms with van der Waals surface area (Å²) in [7, 11) is 0. The largest absolute Gasteiger partial charge is 0.383 e. The van der Waals surface area contributed by atoms with Crippen molar-refractivity contribution in [3.05, 3.63) is 58.8 Å². The van der Waals surface area contributed by atoms with Crippen LogP contribution in [0.15, 0.2) is 36.5 Å². The lowest BCUT2D eigenvalue weighted by Gasteiger charge is -2.26. The lowest BCUT2D eigenvalue weighted by molar-refractivity contribution is 0.381. The van der Waals surface area contributed by atoms with Crippen LogP contribution < -0.4 is 11.1 Å². The summed E-state index contributed by atoms with van der Waals surface area (Å²) in [6.45, 7) is 5.15. The number of aryl methyl sites for hydroxylation is 1. The van der Waals surface area contributed by atoms with Gasteiger partial charge in [-0.3, -0.25) is 0 Å². The molecular formula is C18H23N3. The number of benzene rings is 1. The van der Waals surface area contributed by atoms with Crippen LogP contribution >= 0.6 is 0 Å². The number of rotatable bonds is 4. The predicted molar refractivity (Wildman–Crippen MR) is 87.1 cm³/mol. The number of fused-ring (bicyclic) bond motifs is 1. The Morgan fingerprint density at radius 3 is 2.57 bits per heavy atom. The first-order chi connectivity index (χ1) is 10.2. The van der Waals surface area contributed by atoms with Crippen LogP contribution in [0.1, 0.15) is 35.2 Å². The quantitative estimate of drug-likeness (QED) is 0.905. The molecule has 1 aromatic carbocycles. The molecule has 2 aromatic rings. The molecule has 3 heteroatoms. The maximum absolute atomic E-state index is 6.14. The summed E-state index contributed by atoms with van der Waals surface area (Å²) >= 11 is 0. The average Bonchev–Trinajstić information content (AvgIpc) is 2.91. The second-order valence-electron chi connectivity index (χ2n) is 5.96. The van der Waals surface area contributed by atoms with Crippen molar-refractivity contribution in [2.75, 3.05) is 12.3 Å². The second-order valence-corrected chi connectivity index (χ2v) is 5.96. The highest BCUT2D eigenvalue weighted by Gasteiger charge is 2.30. The lowest BCUT2D eigenvalue weighted by atomic mass is 9.90. The van der Waals surface area contributed by atoms with Gasteiger partial charge in [-0.05, 0) is 55.0 Å². The third kappa shape index (κ3) is 2.79. The first kappa shape index (κ1) is 14.1. The average molecular weight is 281 g/mol. The smallest absolute Gasteiger partial charge is 0.128 e. The standard InChI is InChI=1S/C18H23N3/c1-3-20-17(16-8-12(2)11-21-18(16)19)15-9-13-6-4-5-7-14(13)10-15/h4-8,11,15,17,20H,3,9-10H2,1-2H3,(H2,19,21).